The van der Waals surface area contributed by atoms with Gasteiger partial charge in [0.05, 0.1) is 18.3 Å². The number of anilines is 2. The highest BCUT2D eigenvalue weighted by molar-refractivity contribution is 7.14. The number of rotatable bonds is 5. The zero-order valence-electron chi connectivity index (χ0n) is 16.7. The van der Waals surface area contributed by atoms with Gasteiger partial charge >= 0.3 is 0 Å². The molecule has 9 heteroatoms. The summed E-state index contributed by atoms with van der Waals surface area (Å²) in [6, 6.07) is 12.6. The molecule has 0 saturated heterocycles. The highest BCUT2D eigenvalue weighted by Crippen LogP contribution is 2.33. The minimum Gasteiger partial charge on any atom is -0.497 e. The van der Waals surface area contributed by atoms with E-state index in [-0.39, 0.29) is 5.56 Å². The van der Waals surface area contributed by atoms with Gasteiger partial charge in [-0.3, -0.25) is 4.98 Å². The summed E-state index contributed by atoms with van der Waals surface area (Å²) in [4.78, 5) is 17.9. The van der Waals surface area contributed by atoms with Crippen molar-refractivity contribution in [1.29, 1.82) is 0 Å². The van der Waals surface area contributed by atoms with Crippen molar-refractivity contribution in [2.75, 3.05) is 12.4 Å². The van der Waals surface area contributed by atoms with Crippen LogP contribution in [0, 0.1) is 11.6 Å². The normalized spacial score (nSPS) is 11.0. The maximum Gasteiger partial charge on any atom is 0.188 e. The SMILES string of the molecule is COc1ccc2nc(-c3cccnc3)nc(Nc3nc(-c4ccc(F)cc4F)cs3)c2c1. The first kappa shape index (κ1) is 20.0. The molecule has 158 valence electrons. The standard InChI is InChI=1S/C23H15F2N5OS/c1-31-15-5-7-19-17(10-15)22(29-21(27-19)13-3-2-8-26-11-13)30-23-28-20(12-32-23)16-6-4-14(24)9-18(16)25/h2-12H,1H3,(H,27,28,29,30). The van der Waals surface area contributed by atoms with Crippen molar-refractivity contribution in [1.82, 2.24) is 19.9 Å². The van der Waals surface area contributed by atoms with Crippen LogP contribution in [-0.2, 0) is 0 Å². The molecule has 3 heterocycles. The van der Waals surface area contributed by atoms with Gasteiger partial charge in [-0.1, -0.05) is 0 Å². The third kappa shape index (κ3) is 3.85. The first-order valence-electron chi connectivity index (χ1n) is 9.55. The number of hydrogen-bond acceptors (Lipinski definition) is 7. The number of halogens is 2. The maximum atomic E-state index is 14.2. The average molecular weight is 447 g/mol. The fraction of sp³-hybridized carbons (Fsp3) is 0.0435. The number of ether oxygens (including phenoxy) is 1. The Morgan fingerprint density at radius 1 is 1.00 bits per heavy atom. The monoisotopic (exact) mass is 447 g/mol. The number of nitrogens with one attached hydrogen (secondary N) is 1. The Balaban J connectivity index is 1.58. The van der Waals surface area contributed by atoms with Crippen LogP contribution < -0.4 is 10.1 Å². The molecule has 0 fully saturated rings. The van der Waals surface area contributed by atoms with Gasteiger partial charge in [-0.2, -0.15) is 0 Å². The fourth-order valence-electron chi connectivity index (χ4n) is 3.21. The molecule has 6 nitrogen and oxygen atoms in total. The molecule has 0 radical (unpaired) electrons. The van der Waals surface area contributed by atoms with Crippen molar-refractivity contribution in [2.24, 2.45) is 0 Å². The summed E-state index contributed by atoms with van der Waals surface area (Å²) in [5.41, 5.74) is 2.10. The minimum atomic E-state index is -0.669. The second-order valence-corrected chi connectivity index (χ2v) is 7.67. The van der Waals surface area contributed by atoms with Crippen LogP contribution >= 0.6 is 11.3 Å². The van der Waals surface area contributed by atoms with Gasteiger partial charge in [0.2, 0.25) is 0 Å². The predicted octanol–water partition coefficient (Wildman–Crippen LogP) is 5.85. The fourth-order valence-corrected chi connectivity index (χ4v) is 3.92. The molecule has 0 aliphatic carbocycles. The molecular formula is C23H15F2N5OS. The van der Waals surface area contributed by atoms with Crippen LogP contribution in [-0.4, -0.2) is 27.0 Å². The van der Waals surface area contributed by atoms with Gasteiger partial charge in [0.25, 0.3) is 0 Å². The van der Waals surface area contributed by atoms with E-state index in [1.165, 1.54) is 23.5 Å². The molecule has 5 rings (SSSR count). The number of pyridine rings is 1. The lowest BCUT2D eigenvalue weighted by Gasteiger charge is -2.10. The highest BCUT2D eigenvalue weighted by Gasteiger charge is 2.14. The number of thiazole rings is 1. The van der Waals surface area contributed by atoms with Crippen LogP contribution in [0.4, 0.5) is 19.7 Å². The van der Waals surface area contributed by atoms with Crippen LogP contribution in [0.2, 0.25) is 0 Å². The Hall–Kier alpha value is -3.98. The first-order valence-corrected chi connectivity index (χ1v) is 10.4. The summed E-state index contributed by atoms with van der Waals surface area (Å²) in [5, 5.41) is 6.15. The summed E-state index contributed by atoms with van der Waals surface area (Å²) in [7, 11) is 1.59. The zero-order chi connectivity index (χ0) is 22.1. The van der Waals surface area contributed by atoms with E-state index in [2.05, 4.69) is 25.3 Å². The van der Waals surface area contributed by atoms with Crippen molar-refractivity contribution < 1.29 is 13.5 Å². The lowest BCUT2D eigenvalue weighted by molar-refractivity contribution is 0.415. The molecule has 0 unspecified atom stereocenters. The maximum absolute atomic E-state index is 14.2. The summed E-state index contributed by atoms with van der Waals surface area (Å²) in [6.07, 6.45) is 3.37. The number of aromatic nitrogens is 4. The van der Waals surface area contributed by atoms with Gasteiger partial charge in [-0.25, -0.2) is 23.7 Å². The Morgan fingerprint density at radius 3 is 2.69 bits per heavy atom. The van der Waals surface area contributed by atoms with Crippen molar-refractivity contribution in [2.45, 2.75) is 0 Å². The number of methoxy groups -OCH3 is 1. The van der Waals surface area contributed by atoms with Gasteiger partial charge in [-0.15, -0.1) is 11.3 Å². The van der Waals surface area contributed by atoms with Gasteiger partial charge in [0, 0.05) is 40.4 Å². The molecule has 0 aliphatic heterocycles. The zero-order valence-corrected chi connectivity index (χ0v) is 17.5. The van der Waals surface area contributed by atoms with Crippen molar-refractivity contribution in [3.8, 4) is 28.4 Å². The molecule has 0 bridgehead atoms. The molecule has 0 atom stereocenters. The summed E-state index contributed by atoms with van der Waals surface area (Å²) >= 11 is 1.29. The van der Waals surface area contributed by atoms with Crippen molar-refractivity contribution in [3.63, 3.8) is 0 Å². The van der Waals surface area contributed by atoms with Gasteiger partial charge in [0.15, 0.2) is 11.0 Å². The van der Waals surface area contributed by atoms with E-state index in [0.29, 0.717) is 33.7 Å². The van der Waals surface area contributed by atoms with E-state index in [0.717, 1.165) is 17.0 Å². The molecule has 32 heavy (non-hydrogen) atoms. The molecule has 0 spiro atoms. The van der Waals surface area contributed by atoms with E-state index < -0.39 is 11.6 Å². The average Bonchev–Trinajstić information content (AvgIpc) is 3.27. The number of nitrogens with zero attached hydrogens (tertiary/aromatic N) is 4. The molecule has 0 saturated carbocycles. The molecule has 2 aromatic carbocycles. The van der Waals surface area contributed by atoms with Crippen molar-refractivity contribution >= 4 is 33.2 Å². The van der Waals surface area contributed by atoms with Gasteiger partial charge in [-0.05, 0) is 42.5 Å². The van der Waals surface area contributed by atoms with Crippen LogP contribution in [0.5, 0.6) is 5.75 Å². The highest BCUT2D eigenvalue weighted by atomic mass is 32.1. The van der Waals surface area contributed by atoms with Crippen LogP contribution in [0.1, 0.15) is 0 Å². The quantitative estimate of drug-likeness (QED) is 0.365. The Kier molecular flexibility index (Phi) is 5.16. The van der Waals surface area contributed by atoms with E-state index in [4.69, 9.17) is 4.74 Å². The second-order valence-electron chi connectivity index (χ2n) is 6.81. The van der Waals surface area contributed by atoms with Gasteiger partial charge < -0.3 is 10.1 Å². The summed E-state index contributed by atoms with van der Waals surface area (Å²) in [5.74, 6) is 0.376. The van der Waals surface area contributed by atoms with E-state index in [1.807, 2.05) is 30.3 Å². The summed E-state index contributed by atoms with van der Waals surface area (Å²) < 4.78 is 32.8. The summed E-state index contributed by atoms with van der Waals surface area (Å²) in [6.45, 7) is 0. The van der Waals surface area contributed by atoms with E-state index in [1.54, 1.807) is 24.9 Å². The Morgan fingerprint density at radius 2 is 1.91 bits per heavy atom. The third-order valence-electron chi connectivity index (χ3n) is 4.76. The lowest BCUT2D eigenvalue weighted by atomic mass is 10.1. The number of benzene rings is 2. The third-order valence-corrected chi connectivity index (χ3v) is 5.52. The first-order chi connectivity index (χ1) is 15.6. The predicted molar refractivity (Wildman–Crippen MR) is 120 cm³/mol. The topological polar surface area (TPSA) is 72.8 Å². The van der Waals surface area contributed by atoms with Crippen molar-refractivity contribution in [3.05, 3.63) is 77.9 Å². The molecule has 1 N–H and O–H groups in total. The molecular weight excluding hydrogens is 432 g/mol. The Labute approximate surface area is 185 Å². The number of hydrogen-bond donors (Lipinski definition) is 1. The minimum absolute atomic E-state index is 0.223. The number of fused-ring (bicyclic) bond motifs is 1. The van der Waals surface area contributed by atoms with Crippen LogP contribution in [0.25, 0.3) is 33.5 Å². The van der Waals surface area contributed by atoms with E-state index in [9.17, 15) is 8.78 Å². The smallest absolute Gasteiger partial charge is 0.188 e. The van der Waals surface area contributed by atoms with Gasteiger partial charge in [0.1, 0.15) is 23.2 Å². The molecule has 0 aliphatic rings. The van der Waals surface area contributed by atoms with E-state index >= 15 is 0 Å². The molecule has 0 amide bonds. The Bertz CT molecular complexity index is 1430. The van der Waals surface area contributed by atoms with Crippen LogP contribution in [0.15, 0.2) is 66.3 Å². The molecule has 3 aromatic heterocycles. The lowest BCUT2D eigenvalue weighted by Crippen LogP contribution is -2.00. The molecule has 5 aromatic rings. The largest absolute Gasteiger partial charge is 0.497 e. The second kappa shape index (κ2) is 8.27. The van der Waals surface area contributed by atoms with Crippen LogP contribution in [0.3, 0.4) is 0 Å².